The van der Waals surface area contributed by atoms with Crippen LogP contribution in [0.3, 0.4) is 0 Å². The van der Waals surface area contributed by atoms with Gasteiger partial charge in [0.2, 0.25) is 5.91 Å². The smallest absolute Gasteiger partial charge is 0.262 e. The topological polar surface area (TPSA) is 87.5 Å². The molecule has 1 N–H and O–H groups in total. The summed E-state index contributed by atoms with van der Waals surface area (Å²) in [5, 5.41) is 3.40. The number of aryl methyl sites for hydroxylation is 1. The maximum Gasteiger partial charge on any atom is 0.262 e. The molecule has 8 nitrogen and oxygen atoms in total. The van der Waals surface area contributed by atoms with E-state index in [0.29, 0.717) is 39.0 Å². The Bertz CT molecular complexity index is 1030. The lowest BCUT2D eigenvalue weighted by Crippen LogP contribution is -2.44. The Morgan fingerprint density at radius 2 is 1.88 bits per heavy atom. The molecule has 1 fully saturated rings. The number of hydrogen-bond acceptors (Lipinski definition) is 6. The molecule has 1 aliphatic rings. The van der Waals surface area contributed by atoms with Gasteiger partial charge in [0.1, 0.15) is 11.4 Å². The molecule has 3 rings (SSSR count). The summed E-state index contributed by atoms with van der Waals surface area (Å²) in [7, 11) is 0. The number of carbonyl (C=O) groups excluding carboxylic acids is 2. The molecule has 0 aliphatic carbocycles. The van der Waals surface area contributed by atoms with Gasteiger partial charge in [0.25, 0.3) is 11.5 Å². The van der Waals surface area contributed by atoms with E-state index in [-0.39, 0.29) is 23.9 Å². The van der Waals surface area contributed by atoms with Gasteiger partial charge in [-0.2, -0.15) is 0 Å². The number of likely N-dealkylation sites (tertiary alicyclic amines) is 1. The summed E-state index contributed by atoms with van der Waals surface area (Å²) in [6.07, 6.45) is 3.42. The van der Waals surface area contributed by atoms with Crippen LogP contribution >= 0.6 is 11.3 Å². The first-order valence-corrected chi connectivity index (χ1v) is 12.8. The normalized spacial score (nSPS) is 18.8. The van der Waals surface area contributed by atoms with E-state index in [1.165, 1.54) is 22.2 Å². The fraction of sp³-hybridized carbons (Fsp3) is 0.667. The van der Waals surface area contributed by atoms with Crippen molar-refractivity contribution in [3.05, 3.63) is 27.1 Å². The van der Waals surface area contributed by atoms with Crippen molar-refractivity contribution in [3.63, 3.8) is 0 Å². The Kier molecular flexibility index (Phi) is 8.64. The van der Waals surface area contributed by atoms with Crippen LogP contribution < -0.4 is 10.9 Å². The number of thiophene rings is 1. The van der Waals surface area contributed by atoms with E-state index in [9.17, 15) is 14.4 Å². The number of amides is 2. The van der Waals surface area contributed by atoms with E-state index in [0.717, 1.165) is 45.6 Å². The Morgan fingerprint density at radius 1 is 1.21 bits per heavy atom. The highest BCUT2D eigenvalue weighted by Crippen LogP contribution is 2.27. The van der Waals surface area contributed by atoms with Crippen molar-refractivity contribution < 1.29 is 9.59 Å². The minimum absolute atomic E-state index is 0.0244. The summed E-state index contributed by atoms with van der Waals surface area (Å²) in [6, 6.07) is 0. The van der Waals surface area contributed by atoms with E-state index in [1.807, 2.05) is 4.90 Å². The van der Waals surface area contributed by atoms with Gasteiger partial charge in [0, 0.05) is 19.6 Å². The van der Waals surface area contributed by atoms with Crippen molar-refractivity contribution in [2.45, 2.75) is 54.0 Å². The predicted molar refractivity (Wildman–Crippen MR) is 133 cm³/mol. The highest BCUT2D eigenvalue weighted by Gasteiger charge is 2.26. The first-order chi connectivity index (χ1) is 15.7. The summed E-state index contributed by atoms with van der Waals surface area (Å²) in [5.74, 6) is 0.688. The van der Waals surface area contributed by atoms with Gasteiger partial charge in [0.15, 0.2) is 0 Å². The van der Waals surface area contributed by atoms with Crippen LogP contribution in [0.15, 0.2) is 11.1 Å². The summed E-state index contributed by atoms with van der Waals surface area (Å²) in [5.41, 5.74) is 0.372. The average Bonchev–Trinajstić information content (AvgIpc) is 3.12. The molecule has 2 aromatic rings. The summed E-state index contributed by atoms with van der Waals surface area (Å²) in [6.45, 7) is 15.3. The van der Waals surface area contributed by atoms with Crippen LogP contribution in [0.4, 0.5) is 0 Å². The third-order valence-electron chi connectivity index (χ3n) is 6.48. The van der Waals surface area contributed by atoms with Gasteiger partial charge in [-0.15, -0.1) is 11.3 Å². The van der Waals surface area contributed by atoms with Crippen LogP contribution in [-0.4, -0.2) is 70.4 Å². The molecular weight excluding hydrogens is 438 g/mol. The number of aromatic nitrogens is 2. The van der Waals surface area contributed by atoms with Gasteiger partial charge in [0.05, 0.1) is 16.6 Å². The molecule has 0 bridgehead atoms. The molecule has 0 spiro atoms. The molecule has 1 aliphatic heterocycles. The third-order valence-corrected chi connectivity index (χ3v) is 7.68. The number of nitrogens with zero attached hydrogens (tertiary/aromatic N) is 4. The third kappa shape index (κ3) is 6.00. The minimum Gasteiger partial charge on any atom is -0.351 e. The van der Waals surface area contributed by atoms with E-state index < -0.39 is 0 Å². The minimum atomic E-state index is -0.263. The van der Waals surface area contributed by atoms with Crippen LogP contribution in [-0.2, 0) is 11.3 Å². The Hall–Kier alpha value is -2.26. The highest BCUT2D eigenvalue weighted by atomic mass is 32.1. The molecule has 0 unspecified atom stereocenters. The molecular formula is C24H37N5O3S. The number of piperidine rings is 1. The van der Waals surface area contributed by atoms with Crippen LogP contribution in [0.25, 0.3) is 10.2 Å². The number of nitrogens with one attached hydrogen (secondary N) is 1. The summed E-state index contributed by atoms with van der Waals surface area (Å²) < 4.78 is 1.38. The number of hydrogen-bond donors (Lipinski definition) is 1. The molecule has 0 aromatic carbocycles. The van der Waals surface area contributed by atoms with E-state index in [2.05, 4.69) is 42.9 Å². The lowest BCUT2D eigenvalue weighted by atomic mass is 9.92. The van der Waals surface area contributed by atoms with Gasteiger partial charge in [-0.05, 0) is 56.8 Å². The van der Waals surface area contributed by atoms with Crippen molar-refractivity contribution in [3.8, 4) is 0 Å². The molecule has 2 atom stereocenters. The van der Waals surface area contributed by atoms with Crippen LogP contribution in [0, 0.1) is 18.8 Å². The van der Waals surface area contributed by atoms with Gasteiger partial charge in [-0.3, -0.25) is 19.0 Å². The molecule has 0 radical (unpaired) electrons. The highest BCUT2D eigenvalue weighted by molar-refractivity contribution is 7.20. The fourth-order valence-corrected chi connectivity index (χ4v) is 5.78. The summed E-state index contributed by atoms with van der Waals surface area (Å²) >= 11 is 1.23. The fourth-order valence-electron chi connectivity index (χ4n) is 4.73. The molecule has 9 heteroatoms. The number of carbonyl (C=O) groups is 2. The predicted octanol–water partition coefficient (Wildman–Crippen LogP) is 2.73. The van der Waals surface area contributed by atoms with E-state index in [4.69, 9.17) is 0 Å². The van der Waals surface area contributed by atoms with E-state index >= 15 is 0 Å². The Morgan fingerprint density at radius 3 is 2.52 bits per heavy atom. The van der Waals surface area contributed by atoms with Crippen molar-refractivity contribution in [1.29, 1.82) is 0 Å². The van der Waals surface area contributed by atoms with Crippen LogP contribution in [0.1, 0.15) is 55.8 Å². The second-order valence-electron chi connectivity index (χ2n) is 9.30. The van der Waals surface area contributed by atoms with Crippen molar-refractivity contribution in [2.24, 2.45) is 11.8 Å². The monoisotopic (exact) mass is 475 g/mol. The summed E-state index contributed by atoms with van der Waals surface area (Å²) in [4.78, 5) is 48.4. The molecule has 1 saturated heterocycles. The first-order valence-electron chi connectivity index (χ1n) is 12.0. The molecule has 0 saturated carbocycles. The molecule has 2 aromatic heterocycles. The standard InChI is InChI=1S/C24H37N5O3S/c1-6-27(7-2)10-8-9-25-22(31)21-18(5)20-23(33-21)26-15-29(24(20)32)14-19(30)28-12-16(3)11-17(4)13-28/h15-17H,6-14H2,1-5H3,(H,25,31)/t16-,17-/m0/s1. The van der Waals surface area contributed by atoms with Gasteiger partial charge in [-0.25, -0.2) is 4.98 Å². The molecule has 3 heterocycles. The maximum atomic E-state index is 13.2. The number of fused-ring (bicyclic) bond motifs is 1. The SMILES string of the molecule is CCN(CC)CCCNC(=O)c1sc2ncn(CC(=O)N3C[C@@H](C)C[C@H](C)C3)c(=O)c2c1C. The quantitative estimate of drug-likeness (QED) is 0.564. The van der Waals surface area contributed by atoms with Gasteiger partial charge >= 0.3 is 0 Å². The van der Waals surface area contributed by atoms with Gasteiger partial charge in [-0.1, -0.05) is 27.7 Å². The lowest BCUT2D eigenvalue weighted by molar-refractivity contribution is -0.134. The first kappa shape index (κ1) is 25.4. The number of rotatable bonds is 9. The van der Waals surface area contributed by atoms with Crippen LogP contribution in [0.2, 0.25) is 0 Å². The van der Waals surface area contributed by atoms with E-state index in [1.54, 1.807) is 6.92 Å². The molecule has 33 heavy (non-hydrogen) atoms. The lowest BCUT2D eigenvalue weighted by Gasteiger charge is -2.35. The van der Waals surface area contributed by atoms with Gasteiger partial charge < -0.3 is 15.1 Å². The second kappa shape index (κ2) is 11.2. The zero-order valence-corrected chi connectivity index (χ0v) is 21.3. The van der Waals surface area contributed by atoms with Crippen molar-refractivity contribution in [1.82, 2.24) is 24.7 Å². The molecule has 182 valence electrons. The average molecular weight is 476 g/mol. The zero-order chi connectivity index (χ0) is 24.1. The van der Waals surface area contributed by atoms with Crippen molar-refractivity contribution >= 4 is 33.4 Å². The maximum absolute atomic E-state index is 13.2. The molecule has 2 amide bonds. The Balaban J connectivity index is 1.70. The zero-order valence-electron chi connectivity index (χ0n) is 20.5. The van der Waals surface area contributed by atoms with Crippen LogP contribution in [0.5, 0.6) is 0 Å². The second-order valence-corrected chi connectivity index (χ2v) is 10.3. The Labute approximate surface area is 200 Å². The van der Waals surface area contributed by atoms with Crippen molar-refractivity contribution in [2.75, 3.05) is 39.3 Å². The largest absolute Gasteiger partial charge is 0.351 e.